The Morgan fingerprint density at radius 3 is 2.92 bits per heavy atom. The number of nitrogens with one attached hydrogen (secondary N) is 1. The molecule has 0 amide bonds. The van der Waals surface area contributed by atoms with Gasteiger partial charge in [-0.3, -0.25) is 9.88 Å². The number of halogens is 1. The molecule has 2 heterocycles. The van der Waals surface area contributed by atoms with Crippen LogP contribution in [-0.4, -0.2) is 42.5 Å². The van der Waals surface area contributed by atoms with Crippen molar-refractivity contribution in [3.8, 4) is 5.75 Å². The number of benzene rings is 1. The number of likely N-dealkylation sites (tertiary alicyclic amines) is 1. The predicted molar refractivity (Wildman–Crippen MR) is 95.7 cm³/mol. The van der Waals surface area contributed by atoms with Crippen molar-refractivity contribution in [2.45, 2.75) is 37.2 Å². The third-order valence-electron chi connectivity index (χ3n) is 4.40. The highest BCUT2D eigenvalue weighted by Crippen LogP contribution is 2.20. The molecule has 0 aliphatic carbocycles. The molecule has 1 saturated heterocycles. The zero-order valence-corrected chi connectivity index (χ0v) is 15.3. The molecular formula is C18H22FN3O3S. The molecule has 1 unspecified atom stereocenters. The van der Waals surface area contributed by atoms with Crippen molar-refractivity contribution in [3.05, 3.63) is 53.6 Å². The number of nitrogens with zero attached hydrogens (tertiary/aromatic N) is 2. The average Bonchev–Trinajstić information content (AvgIpc) is 2.58. The fourth-order valence-electron chi connectivity index (χ4n) is 3.15. The van der Waals surface area contributed by atoms with Crippen LogP contribution in [0.2, 0.25) is 0 Å². The third-order valence-corrected chi connectivity index (χ3v) is 5.91. The van der Waals surface area contributed by atoms with Gasteiger partial charge in [0, 0.05) is 24.8 Å². The van der Waals surface area contributed by atoms with E-state index in [0.717, 1.165) is 24.7 Å². The molecule has 2 N–H and O–H groups in total. The lowest BCUT2D eigenvalue weighted by Crippen LogP contribution is -2.47. The Morgan fingerprint density at radius 2 is 2.15 bits per heavy atom. The molecule has 0 spiro atoms. The quantitative estimate of drug-likeness (QED) is 0.832. The molecule has 8 heteroatoms. The van der Waals surface area contributed by atoms with Crippen LogP contribution in [0.5, 0.6) is 5.75 Å². The number of aryl methyl sites for hydroxylation is 1. The number of aromatic nitrogens is 1. The highest BCUT2D eigenvalue weighted by molar-refractivity contribution is 7.89. The van der Waals surface area contributed by atoms with Gasteiger partial charge in [-0.15, -0.1) is 0 Å². The lowest BCUT2D eigenvalue weighted by Gasteiger charge is -2.32. The normalized spacial score (nSPS) is 18.8. The van der Waals surface area contributed by atoms with Crippen molar-refractivity contribution >= 4 is 10.0 Å². The highest BCUT2D eigenvalue weighted by atomic mass is 32.2. The Balaban J connectivity index is 1.67. The van der Waals surface area contributed by atoms with Crippen LogP contribution >= 0.6 is 0 Å². The molecule has 1 fully saturated rings. The topological polar surface area (TPSA) is 82.5 Å². The second kappa shape index (κ2) is 7.69. The van der Waals surface area contributed by atoms with Crippen molar-refractivity contribution in [1.82, 2.24) is 14.6 Å². The molecule has 1 aromatic heterocycles. The molecule has 6 nitrogen and oxygen atoms in total. The molecule has 3 rings (SSSR count). The first-order valence-corrected chi connectivity index (χ1v) is 9.97. The van der Waals surface area contributed by atoms with Crippen molar-refractivity contribution in [2.24, 2.45) is 0 Å². The maximum atomic E-state index is 13.3. The van der Waals surface area contributed by atoms with E-state index in [4.69, 9.17) is 0 Å². The maximum absolute atomic E-state index is 13.3. The summed E-state index contributed by atoms with van der Waals surface area (Å²) < 4.78 is 40.9. The standard InChI is InChI=1S/C18H22FN3O3S/c1-13-7-8-18(23)17(20-13)12-22-9-3-5-15(11-22)21-26(24,25)16-6-2-4-14(19)10-16/h2,4,6-8,10,15,21,23H,3,5,9,11-12H2,1H3. The van der Waals surface area contributed by atoms with Crippen LogP contribution in [-0.2, 0) is 16.6 Å². The molecule has 1 atom stereocenters. The Labute approximate surface area is 152 Å². The van der Waals surface area contributed by atoms with Crippen LogP contribution in [0, 0.1) is 12.7 Å². The Kier molecular flexibility index (Phi) is 5.55. The number of hydrogen-bond donors (Lipinski definition) is 2. The van der Waals surface area contributed by atoms with E-state index in [2.05, 4.69) is 14.6 Å². The minimum Gasteiger partial charge on any atom is -0.506 e. The van der Waals surface area contributed by atoms with Gasteiger partial charge in [-0.25, -0.2) is 17.5 Å². The van der Waals surface area contributed by atoms with E-state index in [-0.39, 0.29) is 16.7 Å². The van der Waals surface area contributed by atoms with Crippen LogP contribution in [0.15, 0.2) is 41.3 Å². The summed E-state index contributed by atoms with van der Waals surface area (Å²) in [6.45, 7) is 3.61. The van der Waals surface area contributed by atoms with Crippen LogP contribution < -0.4 is 4.72 Å². The summed E-state index contributed by atoms with van der Waals surface area (Å²) >= 11 is 0. The van der Waals surface area contributed by atoms with E-state index in [9.17, 15) is 17.9 Å². The highest BCUT2D eigenvalue weighted by Gasteiger charge is 2.26. The van der Waals surface area contributed by atoms with Gasteiger partial charge in [-0.05, 0) is 56.6 Å². The number of hydrogen-bond acceptors (Lipinski definition) is 5. The summed E-state index contributed by atoms with van der Waals surface area (Å²) in [6, 6.07) is 8.06. The monoisotopic (exact) mass is 379 g/mol. The van der Waals surface area contributed by atoms with Crippen molar-refractivity contribution in [1.29, 1.82) is 0 Å². The van der Waals surface area contributed by atoms with Crippen molar-refractivity contribution < 1.29 is 17.9 Å². The minimum atomic E-state index is -3.78. The molecule has 0 bridgehead atoms. The fourth-order valence-corrected chi connectivity index (χ4v) is 4.44. The lowest BCUT2D eigenvalue weighted by atomic mass is 10.1. The first kappa shape index (κ1) is 18.8. The zero-order valence-electron chi connectivity index (χ0n) is 14.5. The average molecular weight is 379 g/mol. The van der Waals surface area contributed by atoms with Crippen LogP contribution in [0.4, 0.5) is 4.39 Å². The van der Waals surface area contributed by atoms with E-state index < -0.39 is 15.8 Å². The van der Waals surface area contributed by atoms with Gasteiger partial charge in [0.2, 0.25) is 10.0 Å². The number of piperidine rings is 1. The summed E-state index contributed by atoms with van der Waals surface area (Å²) in [4.78, 5) is 6.33. The molecule has 26 heavy (non-hydrogen) atoms. The van der Waals surface area contributed by atoms with Crippen molar-refractivity contribution in [2.75, 3.05) is 13.1 Å². The van der Waals surface area contributed by atoms with Gasteiger partial charge in [-0.2, -0.15) is 0 Å². The summed E-state index contributed by atoms with van der Waals surface area (Å²) in [6.07, 6.45) is 1.53. The van der Waals surface area contributed by atoms with Gasteiger partial charge in [-0.1, -0.05) is 6.07 Å². The maximum Gasteiger partial charge on any atom is 0.240 e. The fraction of sp³-hybridized carbons (Fsp3) is 0.389. The number of sulfonamides is 1. The first-order chi connectivity index (χ1) is 12.3. The van der Waals surface area contributed by atoms with Crippen molar-refractivity contribution in [3.63, 3.8) is 0 Å². The van der Waals surface area contributed by atoms with E-state index in [1.165, 1.54) is 18.2 Å². The number of pyridine rings is 1. The van der Waals surface area contributed by atoms with Gasteiger partial charge in [0.25, 0.3) is 0 Å². The largest absolute Gasteiger partial charge is 0.506 e. The van der Waals surface area contributed by atoms with E-state index in [0.29, 0.717) is 25.2 Å². The summed E-state index contributed by atoms with van der Waals surface area (Å²) in [7, 11) is -3.78. The second-order valence-corrected chi connectivity index (χ2v) is 8.29. The van der Waals surface area contributed by atoms with Gasteiger partial charge in [0.1, 0.15) is 11.6 Å². The molecule has 0 radical (unpaired) electrons. The van der Waals surface area contributed by atoms with E-state index >= 15 is 0 Å². The summed E-state index contributed by atoms with van der Waals surface area (Å²) in [5.41, 5.74) is 1.40. The summed E-state index contributed by atoms with van der Waals surface area (Å²) in [5.74, 6) is -0.447. The molecule has 2 aromatic rings. The van der Waals surface area contributed by atoms with Gasteiger partial charge >= 0.3 is 0 Å². The Hall–Kier alpha value is -2.03. The van der Waals surface area contributed by atoms with Crippen LogP contribution in [0.3, 0.4) is 0 Å². The first-order valence-electron chi connectivity index (χ1n) is 8.49. The molecule has 140 valence electrons. The summed E-state index contributed by atoms with van der Waals surface area (Å²) in [5, 5.41) is 9.96. The lowest BCUT2D eigenvalue weighted by molar-refractivity contribution is 0.190. The SMILES string of the molecule is Cc1ccc(O)c(CN2CCCC(NS(=O)(=O)c3cccc(F)c3)C2)n1. The van der Waals surface area contributed by atoms with Gasteiger partial charge < -0.3 is 5.11 Å². The van der Waals surface area contributed by atoms with E-state index in [1.54, 1.807) is 12.1 Å². The Morgan fingerprint density at radius 1 is 1.35 bits per heavy atom. The van der Waals surface area contributed by atoms with Gasteiger partial charge in [0.05, 0.1) is 10.6 Å². The smallest absolute Gasteiger partial charge is 0.240 e. The predicted octanol–water partition coefficient (Wildman–Crippen LogP) is 2.18. The molecule has 1 aromatic carbocycles. The number of rotatable bonds is 5. The molecule has 0 saturated carbocycles. The Bertz CT molecular complexity index is 889. The second-order valence-electron chi connectivity index (χ2n) is 6.57. The molecule has 1 aliphatic heterocycles. The van der Waals surface area contributed by atoms with Crippen LogP contribution in [0.25, 0.3) is 0 Å². The van der Waals surface area contributed by atoms with Crippen LogP contribution in [0.1, 0.15) is 24.2 Å². The van der Waals surface area contributed by atoms with E-state index in [1.807, 2.05) is 6.92 Å². The minimum absolute atomic E-state index is 0.0763. The molecule has 1 aliphatic rings. The number of aromatic hydroxyl groups is 1. The molecular weight excluding hydrogens is 357 g/mol. The van der Waals surface area contributed by atoms with Gasteiger partial charge in [0.15, 0.2) is 0 Å². The zero-order chi connectivity index (χ0) is 18.7. The third kappa shape index (κ3) is 4.57.